The average molecular weight is 918 g/mol. The molecule has 0 heterocycles. The van der Waals surface area contributed by atoms with Crippen molar-refractivity contribution in [3.63, 3.8) is 0 Å². The molecule has 0 aromatic carbocycles. The molecule has 0 aliphatic rings. The molecular formula is C60H103NO5. The molecule has 0 fully saturated rings. The van der Waals surface area contributed by atoms with Gasteiger partial charge in [0.15, 0.2) is 0 Å². The molecule has 66 heavy (non-hydrogen) atoms. The van der Waals surface area contributed by atoms with Crippen molar-refractivity contribution >= 4 is 11.9 Å². The lowest BCUT2D eigenvalue weighted by Gasteiger charge is -2.24. The zero-order valence-corrected chi connectivity index (χ0v) is 43.0. The van der Waals surface area contributed by atoms with Crippen molar-refractivity contribution in [2.24, 2.45) is 0 Å². The number of aliphatic hydroxyl groups is 2. The largest absolute Gasteiger partial charge is 0.462 e. The van der Waals surface area contributed by atoms with Crippen LogP contribution in [0.1, 0.15) is 245 Å². The first-order valence-electron chi connectivity index (χ1n) is 27.5. The Morgan fingerprint density at radius 3 is 1.33 bits per heavy atom. The smallest absolute Gasteiger partial charge is 0.306 e. The van der Waals surface area contributed by atoms with E-state index in [0.29, 0.717) is 25.7 Å². The van der Waals surface area contributed by atoms with Crippen LogP contribution in [0.4, 0.5) is 0 Å². The van der Waals surface area contributed by atoms with Crippen molar-refractivity contribution in [1.29, 1.82) is 0 Å². The predicted molar refractivity (Wildman–Crippen MR) is 287 cm³/mol. The normalized spacial score (nSPS) is 14.0. The highest BCUT2D eigenvalue weighted by molar-refractivity contribution is 5.77. The lowest BCUT2D eigenvalue weighted by molar-refractivity contribution is -0.151. The topological polar surface area (TPSA) is 95.9 Å². The van der Waals surface area contributed by atoms with E-state index in [1.165, 1.54) is 116 Å². The fourth-order valence-electron chi connectivity index (χ4n) is 7.79. The molecule has 0 saturated carbocycles. The lowest BCUT2D eigenvalue weighted by Crippen LogP contribution is -2.46. The van der Waals surface area contributed by atoms with Crippen LogP contribution in [0.5, 0.6) is 0 Å². The first-order valence-corrected chi connectivity index (χ1v) is 27.5. The number of amides is 1. The van der Waals surface area contributed by atoms with E-state index >= 15 is 0 Å². The summed E-state index contributed by atoms with van der Waals surface area (Å²) in [6.45, 7) is 6.40. The summed E-state index contributed by atoms with van der Waals surface area (Å²) in [5.74, 6) is -0.584. The molecule has 0 rings (SSSR count). The Bertz CT molecular complexity index is 1310. The molecule has 3 atom stereocenters. The zero-order valence-electron chi connectivity index (χ0n) is 43.0. The molecule has 6 heteroatoms. The van der Waals surface area contributed by atoms with E-state index in [4.69, 9.17) is 4.74 Å². The van der Waals surface area contributed by atoms with Crippen molar-refractivity contribution in [1.82, 2.24) is 5.32 Å². The maximum atomic E-state index is 13.2. The second-order valence-electron chi connectivity index (χ2n) is 18.4. The van der Waals surface area contributed by atoms with Crippen molar-refractivity contribution in [2.45, 2.75) is 264 Å². The van der Waals surface area contributed by atoms with Gasteiger partial charge in [0.2, 0.25) is 5.91 Å². The third kappa shape index (κ3) is 47.3. The van der Waals surface area contributed by atoms with Gasteiger partial charge in [-0.05, 0) is 89.9 Å². The van der Waals surface area contributed by atoms with E-state index in [2.05, 4.69) is 117 Å². The summed E-state index contributed by atoms with van der Waals surface area (Å²) in [4.78, 5) is 26.2. The van der Waals surface area contributed by atoms with Crippen LogP contribution in [0.3, 0.4) is 0 Å². The molecule has 0 radical (unpaired) electrons. The van der Waals surface area contributed by atoms with Crippen LogP contribution in [-0.2, 0) is 14.3 Å². The molecule has 0 aliphatic heterocycles. The van der Waals surface area contributed by atoms with Crippen LogP contribution in [0.2, 0.25) is 0 Å². The Morgan fingerprint density at radius 1 is 0.455 bits per heavy atom. The van der Waals surface area contributed by atoms with Gasteiger partial charge in [-0.3, -0.25) is 9.59 Å². The van der Waals surface area contributed by atoms with Gasteiger partial charge in [-0.15, -0.1) is 0 Å². The number of unbranched alkanes of at least 4 members (excludes halogenated alkanes) is 23. The molecule has 3 unspecified atom stereocenters. The first-order chi connectivity index (χ1) is 32.5. The molecule has 0 aromatic rings. The van der Waals surface area contributed by atoms with Gasteiger partial charge in [-0.1, -0.05) is 240 Å². The van der Waals surface area contributed by atoms with Crippen LogP contribution in [0.15, 0.2) is 97.2 Å². The SMILES string of the molecule is CCCCC/C=C\C/C=C\C/C=C\C/C=C\CCCC(=O)OC(CCCCC/C=C/C=C/C=C/C=C/CCCCC)CC(=O)NC(CO)C(O)CCCCCCCCCCCCCCCC. The molecule has 1 amide bonds. The fraction of sp³-hybridized carbons (Fsp3) is 0.700. The number of carbonyl (C=O) groups excluding carboxylic acids is 2. The number of allylic oxidation sites excluding steroid dienone is 16. The molecule has 6 nitrogen and oxygen atoms in total. The number of hydrogen-bond acceptors (Lipinski definition) is 5. The van der Waals surface area contributed by atoms with E-state index in [1.807, 2.05) is 6.08 Å². The Morgan fingerprint density at radius 2 is 0.833 bits per heavy atom. The third-order valence-electron chi connectivity index (χ3n) is 12.0. The van der Waals surface area contributed by atoms with Gasteiger partial charge in [-0.25, -0.2) is 0 Å². The summed E-state index contributed by atoms with van der Waals surface area (Å²) < 4.78 is 5.90. The minimum atomic E-state index is -0.814. The highest BCUT2D eigenvalue weighted by atomic mass is 16.5. The molecule has 0 aliphatic carbocycles. The maximum Gasteiger partial charge on any atom is 0.306 e. The van der Waals surface area contributed by atoms with Gasteiger partial charge in [0.25, 0.3) is 0 Å². The maximum absolute atomic E-state index is 13.2. The third-order valence-corrected chi connectivity index (χ3v) is 12.0. The summed E-state index contributed by atoms with van der Waals surface area (Å²) in [7, 11) is 0. The quantitative estimate of drug-likeness (QED) is 0.0245. The number of esters is 1. The lowest BCUT2D eigenvalue weighted by atomic mass is 10.0. The molecule has 0 bridgehead atoms. The fourth-order valence-corrected chi connectivity index (χ4v) is 7.79. The van der Waals surface area contributed by atoms with Crippen molar-refractivity contribution in [3.05, 3.63) is 97.2 Å². The molecule has 0 aromatic heterocycles. The van der Waals surface area contributed by atoms with Crippen LogP contribution in [-0.4, -0.2) is 46.9 Å². The number of aliphatic hydroxyl groups excluding tert-OH is 2. The van der Waals surface area contributed by atoms with Crippen LogP contribution in [0, 0.1) is 0 Å². The van der Waals surface area contributed by atoms with Gasteiger partial charge >= 0.3 is 5.97 Å². The van der Waals surface area contributed by atoms with Gasteiger partial charge < -0.3 is 20.3 Å². The van der Waals surface area contributed by atoms with E-state index in [9.17, 15) is 19.8 Å². The molecule has 0 saturated heterocycles. The minimum absolute atomic E-state index is 0.0249. The Hall–Kier alpha value is -3.22. The first kappa shape index (κ1) is 62.8. The monoisotopic (exact) mass is 918 g/mol. The molecular weight excluding hydrogens is 815 g/mol. The molecule has 3 N–H and O–H groups in total. The number of rotatable bonds is 48. The van der Waals surface area contributed by atoms with Gasteiger partial charge in [-0.2, -0.15) is 0 Å². The second-order valence-corrected chi connectivity index (χ2v) is 18.4. The number of carbonyl (C=O) groups is 2. The van der Waals surface area contributed by atoms with Crippen molar-refractivity contribution in [3.8, 4) is 0 Å². The Kier molecular flexibility index (Phi) is 50.2. The standard InChI is InChI=1S/C60H103NO5/c1-4-7-10-13-16-19-22-25-28-30-32-35-38-41-44-47-50-53-60(65)66-56(51-48-45-42-39-36-33-31-29-26-23-20-17-14-11-8-5-2)54-59(64)61-57(55-62)58(63)52-49-46-43-40-37-34-27-24-21-18-15-12-9-6-3/h16-17,19-20,23,25-26,28-29,31-33,35-36,41,44,56-58,62-63H,4-15,18,21-22,24,27,30,34,37-40,42-43,45-55H2,1-3H3,(H,61,64)/b19-16-,20-17+,26-23+,28-25-,31-29+,35-32-,36-33+,44-41-. The van der Waals surface area contributed by atoms with Crippen LogP contribution >= 0.6 is 0 Å². The molecule has 0 spiro atoms. The molecule has 378 valence electrons. The average Bonchev–Trinajstić information content (AvgIpc) is 3.31. The number of ether oxygens (including phenoxy) is 1. The predicted octanol–water partition coefficient (Wildman–Crippen LogP) is 16.9. The minimum Gasteiger partial charge on any atom is -0.462 e. The van der Waals surface area contributed by atoms with Crippen LogP contribution < -0.4 is 5.32 Å². The summed E-state index contributed by atoms with van der Waals surface area (Å²) in [6, 6.07) is -0.732. The summed E-state index contributed by atoms with van der Waals surface area (Å²) in [6.07, 6.45) is 70.3. The summed E-state index contributed by atoms with van der Waals surface area (Å²) in [5.41, 5.74) is 0. The summed E-state index contributed by atoms with van der Waals surface area (Å²) >= 11 is 0. The second kappa shape index (κ2) is 52.7. The van der Waals surface area contributed by atoms with Crippen molar-refractivity contribution in [2.75, 3.05) is 6.61 Å². The van der Waals surface area contributed by atoms with Gasteiger partial charge in [0.05, 0.1) is 25.2 Å². The highest BCUT2D eigenvalue weighted by Crippen LogP contribution is 2.17. The van der Waals surface area contributed by atoms with Crippen LogP contribution in [0.25, 0.3) is 0 Å². The van der Waals surface area contributed by atoms with E-state index in [1.54, 1.807) is 0 Å². The van der Waals surface area contributed by atoms with Crippen molar-refractivity contribution < 1.29 is 24.5 Å². The number of nitrogens with one attached hydrogen (secondary N) is 1. The zero-order chi connectivity index (χ0) is 48.1. The van der Waals surface area contributed by atoms with E-state index < -0.39 is 18.2 Å². The Labute approximate surface area is 407 Å². The van der Waals surface area contributed by atoms with E-state index in [-0.39, 0.29) is 24.9 Å². The number of hydrogen-bond donors (Lipinski definition) is 3. The van der Waals surface area contributed by atoms with Gasteiger partial charge in [0, 0.05) is 6.42 Å². The van der Waals surface area contributed by atoms with Gasteiger partial charge in [0.1, 0.15) is 6.10 Å². The summed E-state index contributed by atoms with van der Waals surface area (Å²) in [5, 5.41) is 23.8. The highest BCUT2D eigenvalue weighted by Gasteiger charge is 2.24. The van der Waals surface area contributed by atoms with E-state index in [0.717, 1.165) is 77.0 Å². The Balaban J connectivity index is 4.77.